The number of carbonyl (C=O) groups is 2. The van der Waals surface area contributed by atoms with Gasteiger partial charge in [0.2, 0.25) is 17.8 Å². The molecule has 1 saturated heterocycles. The minimum absolute atomic E-state index is 0.0572. The predicted octanol–water partition coefficient (Wildman–Crippen LogP) is 2.78. The quantitative estimate of drug-likeness (QED) is 0.681. The summed E-state index contributed by atoms with van der Waals surface area (Å²) in [5, 5.41) is 5.97. The number of amides is 2. The van der Waals surface area contributed by atoms with E-state index in [1.54, 1.807) is 18.2 Å². The number of ether oxygens (including phenoxy) is 1. The van der Waals surface area contributed by atoms with Crippen LogP contribution in [0.5, 0.6) is 5.75 Å². The van der Waals surface area contributed by atoms with Crippen molar-refractivity contribution in [1.29, 1.82) is 0 Å². The van der Waals surface area contributed by atoms with E-state index in [4.69, 9.17) is 22.1 Å². The highest BCUT2D eigenvalue weighted by molar-refractivity contribution is 6.31. The van der Waals surface area contributed by atoms with Gasteiger partial charge in [0.15, 0.2) is 0 Å². The number of nitrogen functional groups attached to an aromatic ring is 1. The third kappa shape index (κ3) is 3.97. The molecule has 30 heavy (non-hydrogen) atoms. The van der Waals surface area contributed by atoms with Gasteiger partial charge in [0.05, 0.1) is 24.3 Å². The summed E-state index contributed by atoms with van der Waals surface area (Å²) in [6.45, 7) is 1.68. The molecule has 0 radical (unpaired) electrons. The Balaban J connectivity index is 1.65. The standard InChI is InChI=1S/C20H23ClN6O3/c1-30-14-6-5-11(21)9-13(14)23-19(29)12-10-15(28)24-18-16(12)17(22)25-20(26-18)27-7-3-2-4-8-27/h5-6,9,12H,2-4,7-8,10H2,1H3,(H,23,29)(H3,22,24,25,26,28). The van der Waals surface area contributed by atoms with E-state index in [2.05, 4.69) is 20.6 Å². The number of anilines is 4. The molecular formula is C20H23ClN6O3. The molecule has 1 atom stereocenters. The van der Waals surface area contributed by atoms with Gasteiger partial charge in [-0.2, -0.15) is 9.97 Å². The van der Waals surface area contributed by atoms with Crippen LogP contribution in [0, 0.1) is 0 Å². The molecule has 158 valence electrons. The van der Waals surface area contributed by atoms with Gasteiger partial charge in [-0.25, -0.2) is 0 Å². The SMILES string of the molecule is COc1ccc(Cl)cc1NC(=O)C1CC(=O)Nc2nc(N3CCCCC3)nc(N)c21. The summed E-state index contributed by atoms with van der Waals surface area (Å²) < 4.78 is 5.28. The number of nitrogens with two attached hydrogens (primary N) is 1. The Morgan fingerprint density at radius 2 is 2.07 bits per heavy atom. The van der Waals surface area contributed by atoms with Gasteiger partial charge in [-0.05, 0) is 37.5 Å². The maximum absolute atomic E-state index is 13.1. The summed E-state index contributed by atoms with van der Waals surface area (Å²) in [5.41, 5.74) is 7.08. The molecule has 1 fully saturated rings. The first-order chi connectivity index (χ1) is 14.5. The molecule has 9 nitrogen and oxygen atoms in total. The second-order valence-electron chi connectivity index (χ2n) is 7.36. The fraction of sp³-hybridized carbons (Fsp3) is 0.400. The summed E-state index contributed by atoms with van der Waals surface area (Å²) in [4.78, 5) is 36.4. The van der Waals surface area contributed by atoms with Crippen LogP contribution in [0.25, 0.3) is 0 Å². The van der Waals surface area contributed by atoms with Crippen LogP contribution in [-0.2, 0) is 9.59 Å². The van der Waals surface area contributed by atoms with Crippen molar-refractivity contribution in [1.82, 2.24) is 9.97 Å². The van der Waals surface area contributed by atoms with E-state index in [0.29, 0.717) is 28.0 Å². The van der Waals surface area contributed by atoms with Crippen LogP contribution in [0.4, 0.5) is 23.3 Å². The van der Waals surface area contributed by atoms with Crippen LogP contribution in [0.3, 0.4) is 0 Å². The number of nitrogens with zero attached hydrogens (tertiary/aromatic N) is 3. The third-order valence-electron chi connectivity index (χ3n) is 5.33. The lowest BCUT2D eigenvalue weighted by Gasteiger charge is -2.30. The van der Waals surface area contributed by atoms with Crippen molar-refractivity contribution < 1.29 is 14.3 Å². The Hall–Kier alpha value is -3.07. The molecular weight excluding hydrogens is 408 g/mol. The highest BCUT2D eigenvalue weighted by atomic mass is 35.5. The summed E-state index contributed by atoms with van der Waals surface area (Å²) in [6, 6.07) is 4.90. The Morgan fingerprint density at radius 3 is 2.80 bits per heavy atom. The fourth-order valence-electron chi connectivity index (χ4n) is 3.84. The van der Waals surface area contributed by atoms with Gasteiger partial charge in [0, 0.05) is 24.5 Å². The third-order valence-corrected chi connectivity index (χ3v) is 5.57. The van der Waals surface area contributed by atoms with Crippen molar-refractivity contribution in [3.8, 4) is 5.75 Å². The van der Waals surface area contributed by atoms with Crippen LogP contribution < -0.4 is 26.0 Å². The Bertz CT molecular complexity index is 993. The first-order valence-corrected chi connectivity index (χ1v) is 10.2. The average Bonchev–Trinajstić information content (AvgIpc) is 2.73. The molecule has 0 spiro atoms. The van der Waals surface area contributed by atoms with E-state index in [9.17, 15) is 9.59 Å². The summed E-state index contributed by atoms with van der Waals surface area (Å²) >= 11 is 6.05. The van der Waals surface area contributed by atoms with Gasteiger partial charge in [0.25, 0.3) is 0 Å². The minimum atomic E-state index is -0.826. The second kappa shape index (κ2) is 8.35. The molecule has 4 N–H and O–H groups in total. The maximum Gasteiger partial charge on any atom is 0.232 e. The second-order valence-corrected chi connectivity index (χ2v) is 7.79. The summed E-state index contributed by atoms with van der Waals surface area (Å²) in [7, 11) is 1.50. The average molecular weight is 431 g/mol. The van der Waals surface area contributed by atoms with Crippen molar-refractivity contribution in [3.63, 3.8) is 0 Å². The van der Waals surface area contributed by atoms with Crippen LogP contribution >= 0.6 is 11.6 Å². The lowest BCUT2D eigenvalue weighted by atomic mass is 9.91. The number of benzene rings is 1. The number of halogens is 1. The first kappa shape index (κ1) is 20.2. The highest BCUT2D eigenvalue weighted by Crippen LogP contribution is 2.38. The smallest absolute Gasteiger partial charge is 0.232 e. The molecule has 4 rings (SSSR count). The number of carbonyl (C=O) groups excluding carboxylic acids is 2. The van der Waals surface area contributed by atoms with Gasteiger partial charge in [-0.15, -0.1) is 0 Å². The van der Waals surface area contributed by atoms with Crippen LogP contribution in [-0.4, -0.2) is 42.0 Å². The lowest BCUT2D eigenvalue weighted by molar-refractivity contribution is -0.123. The number of hydrogen-bond donors (Lipinski definition) is 3. The fourth-order valence-corrected chi connectivity index (χ4v) is 4.01. The van der Waals surface area contributed by atoms with Crippen molar-refractivity contribution in [2.24, 2.45) is 0 Å². The lowest BCUT2D eigenvalue weighted by Crippen LogP contribution is -2.35. The predicted molar refractivity (Wildman–Crippen MR) is 115 cm³/mol. The molecule has 2 aliphatic heterocycles. The van der Waals surface area contributed by atoms with Gasteiger partial charge in [0.1, 0.15) is 17.4 Å². The van der Waals surface area contributed by atoms with Gasteiger partial charge in [-0.3, -0.25) is 9.59 Å². The number of fused-ring (bicyclic) bond motifs is 1. The molecule has 10 heteroatoms. The van der Waals surface area contributed by atoms with Crippen LogP contribution in [0.15, 0.2) is 18.2 Å². The molecule has 1 aromatic carbocycles. The van der Waals surface area contributed by atoms with Crippen molar-refractivity contribution in [2.45, 2.75) is 31.6 Å². The monoisotopic (exact) mass is 430 g/mol. The molecule has 2 aliphatic rings. The van der Waals surface area contributed by atoms with E-state index in [1.807, 2.05) is 4.90 Å². The maximum atomic E-state index is 13.1. The topological polar surface area (TPSA) is 122 Å². The number of aromatic nitrogens is 2. The van der Waals surface area contributed by atoms with E-state index in [0.717, 1.165) is 25.9 Å². The van der Waals surface area contributed by atoms with Gasteiger partial charge < -0.3 is 26.0 Å². The molecule has 0 saturated carbocycles. The number of piperidine rings is 1. The number of rotatable bonds is 4. The number of methoxy groups -OCH3 is 1. The zero-order valence-corrected chi connectivity index (χ0v) is 17.3. The molecule has 3 heterocycles. The zero-order valence-electron chi connectivity index (χ0n) is 16.6. The number of nitrogens with one attached hydrogen (secondary N) is 2. The molecule has 2 amide bonds. The van der Waals surface area contributed by atoms with Crippen LogP contribution in [0.2, 0.25) is 5.02 Å². The van der Waals surface area contributed by atoms with Gasteiger partial charge in [-0.1, -0.05) is 11.6 Å². The van der Waals surface area contributed by atoms with E-state index in [1.165, 1.54) is 13.5 Å². The largest absolute Gasteiger partial charge is 0.495 e. The molecule has 0 aliphatic carbocycles. The minimum Gasteiger partial charge on any atom is -0.495 e. The first-order valence-electron chi connectivity index (χ1n) is 9.83. The van der Waals surface area contributed by atoms with E-state index in [-0.39, 0.29) is 24.0 Å². The molecule has 0 bridgehead atoms. The van der Waals surface area contributed by atoms with E-state index < -0.39 is 11.8 Å². The summed E-state index contributed by atoms with van der Waals surface area (Å²) in [6.07, 6.45) is 3.22. The highest BCUT2D eigenvalue weighted by Gasteiger charge is 2.35. The van der Waals surface area contributed by atoms with Crippen molar-refractivity contribution in [2.75, 3.05) is 41.5 Å². The molecule has 1 unspecified atom stereocenters. The van der Waals surface area contributed by atoms with Crippen molar-refractivity contribution >= 4 is 46.7 Å². The zero-order chi connectivity index (χ0) is 21.3. The van der Waals surface area contributed by atoms with Gasteiger partial charge >= 0.3 is 0 Å². The summed E-state index contributed by atoms with van der Waals surface area (Å²) in [5.74, 6) is -0.123. The van der Waals surface area contributed by atoms with Crippen LogP contribution in [0.1, 0.15) is 37.2 Å². The van der Waals surface area contributed by atoms with E-state index >= 15 is 0 Å². The number of hydrogen-bond acceptors (Lipinski definition) is 7. The Morgan fingerprint density at radius 1 is 1.30 bits per heavy atom. The molecule has 1 aromatic heterocycles. The van der Waals surface area contributed by atoms with Crippen molar-refractivity contribution in [3.05, 3.63) is 28.8 Å². The molecule has 2 aromatic rings. The Labute approximate surface area is 179 Å². The normalized spacial score (nSPS) is 18.4. The Kier molecular flexibility index (Phi) is 5.63.